The minimum atomic E-state index is -1.08. The van der Waals surface area contributed by atoms with Crippen LogP contribution >= 0.6 is 0 Å². The molecule has 0 aliphatic rings. The molecule has 4 radical (unpaired) electrons. The number of carboxylic acid groups (broad SMARTS) is 2. The summed E-state index contributed by atoms with van der Waals surface area (Å²) in [7, 11) is 0. The average Bonchev–Trinajstić information content (AvgIpc) is 1.61. The Balaban J connectivity index is -0.000000245. The molecule has 6 heteroatoms. The van der Waals surface area contributed by atoms with Gasteiger partial charge in [-0.15, -0.1) is 0 Å². The number of carboxylic acids is 2. The van der Waals surface area contributed by atoms with Gasteiger partial charge in [0.2, 0.25) is 0 Å². The molecule has 0 aromatic rings. The first-order chi connectivity index (χ1) is 3.63. The van der Waals surface area contributed by atoms with Crippen LogP contribution in [0.1, 0.15) is 12.8 Å². The van der Waals surface area contributed by atoms with Gasteiger partial charge in [0.05, 0.1) is 12.8 Å². The molecular formula is C4H6Ca2O4. The van der Waals surface area contributed by atoms with Crippen molar-refractivity contribution >= 4 is 87.4 Å². The molecule has 0 aromatic heterocycles. The van der Waals surface area contributed by atoms with Crippen molar-refractivity contribution in [2.75, 3.05) is 0 Å². The second-order valence-corrected chi connectivity index (χ2v) is 1.29. The number of carbonyl (C=O) groups is 2. The summed E-state index contributed by atoms with van der Waals surface area (Å²) in [6, 6.07) is 0. The Labute approximate surface area is 118 Å². The third-order valence-corrected chi connectivity index (χ3v) is 0.553. The second-order valence-electron chi connectivity index (χ2n) is 1.29. The van der Waals surface area contributed by atoms with Gasteiger partial charge in [-0.05, 0) is 0 Å². The van der Waals surface area contributed by atoms with Crippen LogP contribution in [0.5, 0.6) is 0 Å². The van der Waals surface area contributed by atoms with Crippen LogP contribution in [0.15, 0.2) is 0 Å². The zero-order valence-corrected chi connectivity index (χ0v) is 9.96. The largest absolute Gasteiger partial charge is 0.481 e. The van der Waals surface area contributed by atoms with E-state index in [-0.39, 0.29) is 88.3 Å². The van der Waals surface area contributed by atoms with Gasteiger partial charge in [-0.2, -0.15) is 0 Å². The van der Waals surface area contributed by atoms with Crippen LogP contribution in [-0.4, -0.2) is 97.6 Å². The molecule has 0 saturated carbocycles. The summed E-state index contributed by atoms with van der Waals surface area (Å²) in [6.45, 7) is 0. The Morgan fingerprint density at radius 2 is 1.10 bits per heavy atom. The van der Waals surface area contributed by atoms with Gasteiger partial charge in [0.25, 0.3) is 0 Å². The summed E-state index contributed by atoms with van der Waals surface area (Å²) < 4.78 is 0. The van der Waals surface area contributed by atoms with Crippen LogP contribution in [0, 0.1) is 0 Å². The van der Waals surface area contributed by atoms with E-state index in [1.165, 1.54) is 0 Å². The number of rotatable bonds is 3. The molecule has 0 aliphatic carbocycles. The SMILES string of the molecule is O=C(O)CCC(=O)O.[Ca].[Ca]. The van der Waals surface area contributed by atoms with Crippen molar-refractivity contribution in [2.24, 2.45) is 0 Å². The van der Waals surface area contributed by atoms with Gasteiger partial charge < -0.3 is 10.2 Å². The van der Waals surface area contributed by atoms with E-state index >= 15 is 0 Å². The van der Waals surface area contributed by atoms with Crippen molar-refractivity contribution < 1.29 is 19.8 Å². The number of aliphatic carboxylic acids is 2. The van der Waals surface area contributed by atoms with Crippen LogP contribution in [0.3, 0.4) is 0 Å². The van der Waals surface area contributed by atoms with Gasteiger partial charge in [0.15, 0.2) is 0 Å². The van der Waals surface area contributed by atoms with E-state index in [2.05, 4.69) is 0 Å². The van der Waals surface area contributed by atoms with E-state index in [0.717, 1.165) is 0 Å². The molecule has 0 atom stereocenters. The third kappa shape index (κ3) is 16.2. The van der Waals surface area contributed by atoms with Gasteiger partial charge in [0.1, 0.15) is 0 Å². The fraction of sp³-hybridized carbons (Fsp3) is 0.500. The van der Waals surface area contributed by atoms with E-state index in [9.17, 15) is 9.59 Å². The maximum atomic E-state index is 9.64. The van der Waals surface area contributed by atoms with Crippen LogP contribution in [0.2, 0.25) is 0 Å². The molecule has 0 aromatic carbocycles. The van der Waals surface area contributed by atoms with E-state index in [0.29, 0.717) is 0 Å². The summed E-state index contributed by atoms with van der Waals surface area (Å²) in [5.41, 5.74) is 0. The van der Waals surface area contributed by atoms with Crippen molar-refractivity contribution in [3.63, 3.8) is 0 Å². The fourth-order valence-electron chi connectivity index (χ4n) is 0.214. The first-order valence-corrected chi connectivity index (χ1v) is 2.06. The Bertz CT molecular complexity index is 99.8. The zero-order chi connectivity index (χ0) is 6.57. The quantitative estimate of drug-likeness (QED) is 0.581. The van der Waals surface area contributed by atoms with E-state index in [4.69, 9.17) is 10.2 Å². The molecule has 0 saturated heterocycles. The van der Waals surface area contributed by atoms with Gasteiger partial charge in [0, 0.05) is 75.5 Å². The number of hydrogen-bond donors (Lipinski definition) is 2. The summed E-state index contributed by atoms with van der Waals surface area (Å²) in [5, 5.41) is 15.8. The molecule has 50 valence electrons. The molecule has 0 rings (SSSR count). The van der Waals surface area contributed by atoms with Crippen molar-refractivity contribution in [2.45, 2.75) is 12.8 Å². The Morgan fingerprint density at radius 1 is 0.900 bits per heavy atom. The van der Waals surface area contributed by atoms with E-state index < -0.39 is 11.9 Å². The third-order valence-electron chi connectivity index (χ3n) is 0.553. The van der Waals surface area contributed by atoms with Crippen molar-refractivity contribution in [3.8, 4) is 0 Å². The smallest absolute Gasteiger partial charge is 0.303 e. The molecular weight excluding hydrogens is 192 g/mol. The standard InChI is InChI=1S/C4H6O4.2Ca/c5-3(6)1-2-4(7)8;;/h1-2H2,(H,5,6)(H,7,8);;. The van der Waals surface area contributed by atoms with Crippen molar-refractivity contribution in [3.05, 3.63) is 0 Å². The summed E-state index contributed by atoms with van der Waals surface area (Å²) in [5.74, 6) is -2.15. The van der Waals surface area contributed by atoms with Crippen LogP contribution in [0.4, 0.5) is 0 Å². The molecule has 2 N–H and O–H groups in total. The van der Waals surface area contributed by atoms with Gasteiger partial charge >= 0.3 is 11.9 Å². The van der Waals surface area contributed by atoms with Crippen LogP contribution in [-0.2, 0) is 9.59 Å². The molecule has 0 amide bonds. The van der Waals surface area contributed by atoms with Crippen molar-refractivity contribution in [1.29, 1.82) is 0 Å². The predicted octanol–water partition coefficient (Wildman–Crippen LogP) is -0.826. The van der Waals surface area contributed by atoms with E-state index in [1.807, 2.05) is 0 Å². The molecule has 0 spiro atoms. The predicted molar refractivity (Wildman–Crippen MR) is 36.0 cm³/mol. The number of hydrogen-bond acceptors (Lipinski definition) is 2. The summed E-state index contributed by atoms with van der Waals surface area (Å²) >= 11 is 0. The fourth-order valence-corrected chi connectivity index (χ4v) is 0.214. The van der Waals surface area contributed by atoms with Gasteiger partial charge in [-0.1, -0.05) is 0 Å². The molecule has 0 aliphatic heterocycles. The molecule has 4 nitrogen and oxygen atoms in total. The Hall–Kier alpha value is 1.46. The first-order valence-electron chi connectivity index (χ1n) is 2.06. The van der Waals surface area contributed by atoms with Crippen LogP contribution < -0.4 is 0 Å². The average molecular weight is 198 g/mol. The molecule has 0 heterocycles. The zero-order valence-electron chi connectivity index (χ0n) is 5.54. The molecule has 0 bridgehead atoms. The monoisotopic (exact) mass is 198 g/mol. The molecule has 0 unspecified atom stereocenters. The second kappa shape index (κ2) is 10.5. The first kappa shape index (κ1) is 17.5. The minimum absolute atomic E-state index is 0. The molecule has 0 fully saturated rings. The van der Waals surface area contributed by atoms with Crippen molar-refractivity contribution in [1.82, 2.24) is 0 Å². The summed E-state index contributed by atoms with van der Waals surface area (Å²) in [6.07, 6.45) is -0.593. The maximum Gasteiger partial charge on any atom is 0.303 e. The topological polar surface area (TPSA) is 74.6 Å². The maximum absolute atomic E-state index is 9.64. The Morgan fingerprint density at radius 3 is 1.20 bits per heavy atom. The van der Waals surface area contributed by atoms with Crippen LogP contribution in [0.25, 0.3) is 0 Å². The van der Waals surface area contributed by atoms with Gasteiger partial charge in [-0.3, -0.25) is 9.59 Å². The minimum Gasteiger partial charge on any atom is -0.481 e. The normalized spacial score (nSPS) is 6.80. The molecule has 10 heavy (non-hydrogen) atoms. The summed E-state index contributed by atoms with van der Waals surface area (Å²) in [4.78, 5) is 19.3. The van der Waals surface area contributed by atoms with Gasteiger partial charge in [-0.25, -0.2) is 0 Å². The Kier molecular flexibility index (Phi) is 18.3. The van der Waals surface area contributed by atoms with E-state index in [1.54, 1.807) is 0 Å².